The largest absolute Gasteiger partial charge is 0.480 e. The number of nitrogens with zero attached hydrogens (tertiary/aromatic N) is 3. The van der Waals surface area contributed by atoms with E-state index in [-0.39, 0.29) is 42.1 Å². The molecule has 0 aliphatic carbocycles. The first-order valence-corrected chi connectivity index (χ1v) is 18.6. The van der Waals surface area contributed by atoms with Gasteiger partial charge in [-0.25, -0.2) is 19.2 Å². The van der Waals surface area contributed by atoms with Crippen molar-refractivity contribution in [2.24, 2.45) is 5.92 Å². The lowest BCUT2D eigenvalue weighted by molar-refractivity contribution is -0.146. The molecule has 3 rings (SSSR count). The number of hydrogen-bond donors (Lipinski definition) is 7. The number of carbonyl (C=O) groups excluding carboxylic acids is 2. The topological polar surface area (TPSA) is 289 Å². The fourth-order valence-corrected chi connectivity index (χ4v) is 7.85. The molecule has 1 fully saturated rings. The molecule has 1 amide bonds. The van der Waals surface area contributed by atoms with Gasteiger partial charge in [0, 0.05) is 6.54 Å². The fourth-order valence-electron chi connectivity index (χ4n) is 4.78. The Morgan fingerprint density at radius 2 is 1.90 bits per heavy atom. The van der Waals surface area contributed by atoms with E-state index >= 15 is 0 Å². The van der Waals surface area contributed by atoms with Crippen LogP contribution in [-0.2, 0) is 41.6 Å². The van der Waals surface area contributed by atoms with Gasteiger partial charge in [-0.05, 0) is 25.7 Å². The highest BCUT2D eigenvalue weighted by Gasteiger charge is 2.46. The van der Waals surface area contributed by atoms with Crippen LogP contribution >= 0.6 is 27.2 Å². The Labute approximate surface area is 280 Å². The van der Waals surface area contributed by atoms with E-state index in [1.807, 2.05) is 13.8 Å². The zero-order chi connectivity index (χ0) is 35.6. The van der Waals surface area contributed by atoms with Gasteiger partial charge in [0.1, 0.15) is 30.2 Å². The minimum absolute atomic E-state index is 0.0736. The molecular weight excluding hydrogens is 704 g/mol. The second kappa shape index (κ2) is 18.0. The smallest absolute Gasteiger partial charge is 0.464 e. The van der Waals surface area contributed by atoms with Crippen LogP contribution in [0.15, 0.2) is 11.1 Å². The first-order valence-electron chi connectivity index (χ1n) is 15.1. The lowest BCUT2D eigenvalue weighted by atomic mass is 9.99. The van der Waals surface area contributed by atoms with Gasteiger partial charge in [0.05, 0.1) is 26.1 Å². The number of amides is 1. The number of imidazole rings is 1. The van der Waals surface area contributed by atoms with E-state index < -0.39 is 76.8 Å². The number of phosphoric ester groups is 1. The molecule has 1 aliphatic heterocycles. The number of nitrogens with two attached hydrogens (primary N) is 1. The number of ether oxygens (including phenoxy) is 2. The third-order valence-corrected chi connectivity index (χ3v) is 10.7. The van der Waals surface area contributed by atoms with Crippen molar-refractivity contribution in [3.05, 3.63) is 16.7 Å². The summed E-state index contributed by atoms with van der Waals surface area (Å²) in [5, 5.41) is 25.8. The molecule has 2 aromatic heterocycles. The molecule has 3 heterocycles. The molecule has 23 heteroatoms. The summed E-state index contributed by atoms with van der Waals surface area (Å²) in [4.78, 5) is 56.9. The van der Waals surface area contributed by atoms with Crippen LogP contribution in [0.3, 0.4) is 0 Å². The minimum Gasteiger partial charge on any atom is -0.464 e. The third-order valence-electron chi connectivity index (χ3n) is 7.04. The summed E-state index contributed by atoms with van der Waals surface area (Å²) in [6.45, 7) is 3.76. The van der Waals surface area contributed by atoms with Crippen LogP contribution in [0.4, 0.5) is 5.95 Å². The zero-order valence-electron chi connectivity index (χ0n) is 26.5. The van der Waals surface area contributed by atoms with Crippen LogP contribution in [0.5, 0.6) is 0 Å². The molecular formula is C25H42ClN7O13P2. The highest BCUT2D eigenvalue weighted by molar-refractivity contribution is 7.63. The van der Waals surface area contributed by atoms with E-state index in [1.165, 1.54) is 6.92 Å². The highest BCUT2D eigenvalue weighted by Crippen LogP contribution is 2.61. The van der Waals surface area contributed by atoms with Crippen molar-refractivity contribution in [1.29, 1.82) is 0 Å². The van der Waals surface area contributed by atoms with E-state index in [9.17, 15) is 38.6 Å². The molecule has 272 valence electrons. The van der Waals surface area contributed by atoms with Crippen LogP contribution in [0.1, 0.15) is 52.7 Å². The van der Waals surface area contributed by atoms with Gasteiger partial charge in [-0.3, -0.25) is 33.0 Å². The summed E-state index contributed by atoms with van der Waals surface area (Å²) in [6.07, 6.45) is -1.65. The number of hydrogen-bond acceptors (Lipinski definition) is 15. The van der Waals surface area contributed by atoms with Crippen LogP contribution in [0, 0.1) is 5.92 Å². The summed E-state index contributed by atoms with van der Waals surface area (Å²) < 4.78 is 53.7. The summed E-state index contributed by atoms with van der Waals surface area (Å²) in [7, 11) is -10.2. The van der Waals surface area contributed by atoms with E-state index in [2.05, 4.69) is 25.4 Å². The first kappa shape index (κ1) is 40.0. The number of aliphatic hydroxyl groups is 2. The number of alkyl halides is 1. The van der Waals surface area contributed by atoms with E-state index in [0.717, 1.165) is 36.6 Å². The van der Waals surface area contributed by atoms with Gasteiger partial charge in [0.2, 0.25) is 11.9 Å². The number of aliphatic hydroxyl groups excluding tert-OH is 2. The Morgan fingerprint density at radius 3 is 2.54 bits per heavy atom. The number of carbonyl (C=O) groups is 2. The molecule has 20 nitrogen and oxygen atoms in total. The minimum atomic E-state index is -5.33. The fraction of sp³-hybridized carbons (Fsp3) is 0.720. The maximum atomic E-state index is 13.6. The monoisotopic (exact) mass is 745 g/mol. The second-order valence-corrected chi connectivity index (χ2v) is 14.5. The molecule has 1 saturated heterocycles. The second-order valence-electron chi connectivity index (χ2n) is 10.9. The Kier molecular flexibility index (Phi) is 14.9. The molecule has 1 aliphatic rings. The molecule has 0 aromatic carbocycles. The van der Waals surface area contributed by atoms with Gasteiger partial charge >= 0.3 is 21.5 Å². The molecule has 8 N–H and O–H groups in total. The average molecular weight is 746 g/mol. The number of H-pyrrole nitrogens is 1. The predicted molar refractivity (Wildman–Crippen MR) is 169 cm³/mol. The molecule has 2 unspecified atom stereocenters. The van der Waals surface area contributed by atoms with Crippen LogP contribution in [0.2, 0.25) is 0 Å². The third kappa shape index (κ3) is 11.0. The van der Waals surface area contributed by atoms with Crippen LogP contribution in [0.25, 0.3) is 11.2 Å². The van der Waals surface area contributed by atoms with Gasteiger partial charge in [0.25, 0.3) is 5.56 Å². The molecule has 2 aromatic rings. The van der Waals surface area contributed by atoms with E-state index in [1.54, 1.807) is 0 Å². The molecule has 48 heavy (non-hydrogen) atoms. The van der Waals surface area contributed by atoms with Crippen molar-refractivity contribution in [2.45, 2.75) is 77.0 Å². The van der Waals surface area contributed by atoms with Crippen molar-refractivity contribution in [3.8, 4) is 0 Å². The number of aromatic nitrogens is 4. The van der Waals surface area contributed by atoms with Crippen molar-refractivity contribution in [1.82, 2.24) is 29.9 Å². The molecule has 0 bridgehead atoms. The van der Waals surface area contributed by atoms with E-state index in [0.29, 0.717) is 0 Å². The standard InChI is InChI=1S/C25H42ClN7O13P2/c1-4-6-15(7-5-2)11-42-24(38)14(3)32-47(39,43-9-8-28-17(34)10-26)46-48(40,41)44-12-16-19(35)20(36)23(45-16)33-13-29-18-21(33)30-25(27)31-22(18)37/h13-16,19-20,23,35-36H,4-12H2,1-3H3,(H,28,34)(H,32,39)(H,40,41)(H3,27,30,31,37)/t14-,16-,19-,20-,23-,47?/m0/s1. The maximum absolute atomic E-state index is 13.6. The Morgan fingerprint density at radius 1 is 1.21 bits per heavy atom. The number of esters is 1. The molecule has 0 spiro atoms. The summed E-state index contributed by atoms with van der Waals surface area (Å²) in [6, 6.07) is -1.35. The number of halogens is 1. The van der Waals surface area contributed by atoms with E-state index in [4.69, 9.17) is 40.2 Å². The zero-order valence-corrected chi connectivity index (χ0v) is 29.1. The van der Waals surface area contributed by atoms with Crippen LogP contribution < -0.4 is 21.7 Å². The van der Waals surface area contributed by atoms with Crippen molar-refractivity contribution < 1.29 is 56.7 Å². The summed E-state index contributed by atoms with van der Waals surface area (Å²) in [5.74, 6) is -1.91. The van der Waals surface area contributed by atoms with Crippen molar-refractivity contribution >= 4 is 56.2 Å². The maximum Gasteiger partial charge on any atom is 0.480 e. The average Bonchev–Trinajstić information content (AvgIpc) is 3.56. The Bertz CT molecular complexity index is 1540. The van der Waals surface area contributed by atoms with Crippen LogP contribution in [-0.4, -0.2) is 103 Å². The van der Waals surface area contributed by atoms with Gasteiger partial charge < -0.3 is 35.6 Å². The summed E-state index contributed by atoms with van der Waals surface area (Å²) in [5.41, 5.74) is 4.73. The lowest BCUT2D eigenvalue weighted by Gasteiger charge is -2.25. The van der Waals surface area contributed by atoms with Crippen molar-refractivity contribution in [2.75, 3.05) is 38.0 Å². The number of fused-ring (bicyclic) bond motifs is 1. The van der Waals surface area contributed by atoms with Gasteiger partial charge in [-0.1, -0.05) is 26.7 Å². The highest BCUT2D eigenvalue weighted by atomic mass is 35.5. The Balaban J connectivity index is 1.68. The Hall–Kier alpha value is -2.48. The SMILES string of the molecule is CCCC(CCC)COC(=O)[C@H](C)NP(=O)(OCCNC(=O)CCl)OP(=O)(O)OC[C@@H]1O[C@H](n2cnc3c(=O)[nH]c(N)nc32)[C@@H](O)[C@H]1O. The quantitative estimate of drug-likeness (QED) is 0.0424. The lowest BCUT2D eigenvalue weighted by Crippen LogP contribution is -2.36. The molecule has 0 saturated carbocycles. The first-order chi connectivity index (χ1) is 22.6. The van der Waals surface area contributed by atoms with Crippen molar-refractivity contribution in [3.63, 3.8) is 0 Å². The predicted octanol–water partition coefficient (Wildman–Crippen LogP) is 0.672. The number of anilines is 1. The number of aromatic amines is 1. The molecule has 7 atom stereocenters. The number of nitrogens with one attached hydrogen (secondary N) is 3. The summed E-state index contributed by atoms with van der Waals surface area (Å²) >= 11 is 5.43. The normalized spacial score (nSPS) is 22.8. The molecule has 0 radical (unpaired) electrons. The number of nitrogen functional groups attached to an aromatic ring is 1. The number of phosphoric acid groups is 1. The van der Waals surface area contributed by atoms with Gasteiger partial charge in [-0.2, -0.15) is 9.29 Å². The van der Waals surface area contributed by atoms with Gasteiger partial charge in [-0.15, -0.1) is 11.6 Å². The number of rotatable bonds is 20. The van der Waals surface area contributed by atoms with Gasteiger partial charge in [0.15, 0.2) is 17.4 Å².